The van der Waals surface area contributed by atoms with Gasteiger partial charge in [-0.25, -0.2) is 9.79 Å². The molecular weight excluding hydrogens is 666 g/mol. The van der Waals surface area contributed by atoms with Gasteiger partial charge in [-0.1, -0.05) is 41.2 Å². The number of thiazole rings is 1. The Balaban J connectivity index is 1.98. The van der Waals surface area contributed by atoms with Crippen LogP contribution in [-0.2, 0) is 9.53 Å². The van der Waals surface area contributed by atoms with E-state index in [1.165, 1.54) is 11.3 Å². The average Bonchev–Trinajstić information content (AvgIpc) is 3.06. The Labute approximate surface area is 221 Å². The van der Waals surface area contributed by atoms with Crippen molar-refractivity contribution in [2.24, 2.45) is 4.99 Å². The molecule has 0 unspecified atom stereocenters. The number of phenols is 1. The molecule has 0 saturated carbocycles. The third-order valence-electron chi connectivity index (χ3n) is 5.25. The lowest BCUT2D eigenvalue weighted by Crippen LogP contribution is -2.39. The van der Waals surface area contributed by atoms with Gasteiger partial charge in [0.15, 0.2) is 4.80 Å². The number of halogens is 2. The van der Waals surface area contributed by atoms with Crippen LogP contribution >= 0.6 is 56.5 Å². The normalized spacial score (nSPS) is 15.9. The Hall–Kier alpha value is -1.99. The van der Waals surface area contributed by atoms with Crippen LogP contribution in [0.4, 0.5) is 0 Å². The van der Waals surface area contributed by atoms with E-state index in [1.807, 2.05) is 43.3 Å². The van der Waals surface area contributed by atoms with Crippen LogP contribution in [0.5, 0.6) is 5.75 Å². The van der Waals surface area contributed by atoms with Gasteiger partial charge in [-0.3, -0.25) is 9.36 Å². The molecule has 2 aromatic carbocycles. The monoisotopic (exact) mass is 686 g/mol. The van der Waals surface area contributed by atoms with E-state index in [0.29, 0.717) is 29.7 Å². The van der Waals surface area contributed by atoms with Crippen LogP contribution in [0, 0.1) is 14.1 Å². The summed E-state index contributed by atoms with van der Waals surface area (Å²) in [5.74, 6) is -0.358. The maximum absolute atomic E-state index is 13.6. The number of aryl methyl sites for hydroxylation is 1. The Morgan fingerprint density at radius 1 is 1.24 bits per heavy atom. The fourth-order valence-corrected chi connectivity index (χ4v) is 6.62. The van der Waals surface area contributed by atoms with Crippen molar-refractivity contribution in [3.05, 3.63) is 91.2 Å². The maximum atomic E-state index is 13.6. The molecule has 4 rings (SSSR count). The van der Waals surface area contributed by atoms with Crippen molar-refractivity contribution in [2.45, 2.75) is 26.8 Å². The zero-order valence-corrected chi connectivity index (χ0v) is 23.2. The Morgan fingerprint density at radius 2 is 1.94 bits per heavy atom. The minimum Gasteiger partial charge on any atom is -0.506 e. The number of allylic oxidation sites excluding steroid dienone is 1. The zero-order valence-electron chi connectivity index (χ0n) is 18.1. The molecule has 0 radical (unpaired) electrons. The molecule has 0 spiro atoms. The molecule has 0 bridgehead atoms. The molecule has 3 aromatic rings. The van der Waals surface area contributed by atoms with Gasteiger partial charge in [-0.15, -0.1) is 0 Å². The second kappa shape index (κ2) is 9.71. The van der Waals surface area contributed by atoms with Gasteiger partial charge >= 0.3 is 5.97 Å². The minimum absolute atomic E-state index is 0.125. The molecular formula is C24H20I2N2O4S. The van der Waals surface area contributed by atoms with E-state index < -0.39 is 12.0 Å². The average molecular weight is 686 g/mol. The third-order valence-corrected chi connectivity index (χ3v) is 7.68. The van der Waals surface area contributed by atoms with E-state index in [-0.39, 0.29) is 17.9 Å². The highest BCUT2D eigenvalue weighted by Gasteiger charge is 2.33. The molecule has 0 saturated heterocycles. The summed E-state index contributed by atoms with van der Waals surface area (Å²) in [5.41, 5.74) is 3.05. The van der Waals surface area contributed by atoms with Crippen molar-refractivity contribution in [3.63, 3.8) is 0 Å². The quantitative estimate of drug-likeness (QED) is 0.333. The van der Waals surface area contributed by atoms with Crippen LogP contribution in [0.1, 0.15) is 36.6 Å². The van der Waals surface area contributed by atoms with Gasteiger partial charge in [-0.2, -0.15) is 0 Å². The molecule has 1 aromatic heterocycles. The molecule has 2 heterocycles. The smallest absolute Gasteiger partial charge is 0.338 e. The fourth-order valence-electron chi connectivity index (χ4n) is 3.69. The molecule has 6 nitrogen and oxygen atoms in total. The standard InChI is InChI=1S/C24H20I2N2O4S/c1-4-32-23(31)19-13(3)27-24-28(20(19)14-7-5-12(2)6-8-14)22(30)18(33-24)10-15-9-16(25)11-17(26)21(15)29/h5-11,20,29H,4H2,1-3H3/b18-10-/t20-/m0/s1. The molecule has 170 valence electrons. The van der Waals surface area contributed by atoms with Crippen LogP contribution in [0.3, 0.4) is 0 Å². The van der Waals surface area contributed by atoms with Crippen LogP contribution in [0.15, 0.2) is 57.5 Å². The predicted octanol–water partition coefficient (Wildman–Crippen LogP) is 4.02. The highest BCUT2D eigenvalue weighted by molar-refractivity contribution is 14.1. The molecule has 1 N–H and O–H groups in total. The first kappa shape index (κ1) is 24.1. The van der Waals surface area contributed by atoms with E-state index in [4.69, 9.17) is 4.74 Å². The lowest BCUT2D eigenvalue weighted by atomic mass is 9.95. The van der Waals surface area contributed by atoms with Gasteiger partial charge < -0.3 is 9.84 Å². The third kappa shape index (κ3) is 4.67. The van der Waals surface area contributed by atoms with Crippen molar-refractivity contribution in [2.75, 3.05) is 6.61 Å². The second-order valence-electron chi connectivity index (χ2n) is 7.54. The number of nitrogens with zero attached hydrogens (tertiary/aromatic N) is 2. The van der Waals surface area contributed by atoms with Crippen LogP contribution < -0.4 is 14.9 Å². The summed E-state index contributed by atoms with van der Waals surface area (Å²) < 4.78 is 8.95. The molecule has 1 aliphatic heterocycles. The number of fused-ring (bicyclic) bond motifs is 1. The number of carbonyl (C=O) groups is 1. The number of esters is 1. The second-order valence-corrected chi connectivity index (χ2v) is 11.0. The van der Waals surface area contributed by atoms with Gasteiger partial charge in [0.1, 0.15) is 5.75 Å². The molecule has 1 aliphatic rings. The summed E-state index contributed by atoms with van der Waals surface area (Å²) in [6, 6.07) is 10.8. The van der Waals surface area contributed by atoms with Crippen LogP contribution in [0.2, 0.25) is 0 Å². The summed E-state index contributed by atoms with van der Waals surface area (Å²) in [6.45, 7) is 5.72. The number of aromatic nitrogens is 1. The number of aromatic hydroxyl groups is 1. The summed E-state index contributed by atoms with van der Waals surface area (Å²) in [4.78, 5) is 31.6. The summed E-state index contributed by atoms with van der Waals surface area (Å²) in [6.07, 6.45) is 1.68. The highest BCUT2D eigenvalue weighted by Crippen LogP contribution is 2.31. The SMILES string of the molecule is CCOC(=O)C1=C(C)N=c2s/c(=C\c3cc(I)cc(I)c3O)c(=O)n2[C@H]1c1ccc(C)cc1. The predicted molar refractivity (Wildman–Crippen MR) is 145 cm³/mol. The van der Waals surface area contributed by atoms with Crippen molar-refractivity contribution >= 4 is 68.6 Å². The minimum atomic E-state index is -0.646. The Morgan fingerprint density at radius 3 is 2.61 bits per heavy atom. The molecule has 0 fully saturated rings. The number of benzene rings is 2. The van der Waals surface area contributed by atoms with E-state index in [2.05, 4.69) is 50.2 Å². The van der Waals surface area contributed by atoms with E-state index in [1.54, 1.807) is 24.5 Å². The van der Waals surface area contributed by atoms with E-state index >= 15 is 0 Å². The molecule has 0 amide bonds. The lowest BCUT2D eigenvalue weighted by Gasteiger charge is -2.24. The Kier molecular flexibility index (Phi) is 7.10. The molecule has 0 aliphatic carbocycles. The first-order valence-electron chi connectivity index (χ1n) is 10.2. The summed E-state index contributed by atoms with van der Waals surface area (Å²) in [7, 11) is 0. The number of hydrogen-bond donors (Lipinski definition) is 1. The number of ether oxygens (including phenoxy) is 1. The molecule has 33 heavy (non-hydrogen) atoms. The number of rotatable bonds is 4. The summed E-state index contributed by atoms with van der Waals surface area (Å²) in [5, 5.41) is 10.5. The maximum Gasteiger partial charge on any atom is 0.338 e. The van der Waals surface area contributed by atoms with Crippen LogP contribution in [0.25, 0.3) is 6.08 Å². The lowest BCUT2D eigenvalue weighted by molar-refractivity contribution is -0.139. The Bertz CT molecular complexity index is 1470. The topological polar surface area (TPSA) is 80.9 Å². The van der Waals surface area contributed by atoms with Crippen molar-refractivity contribution in [1.29, 1.82) is 0 Å². The highest BCUT2D eigenvalue weighted by atomic mass is 127. The van der Waals surface area contributed by atoms with Gasteiger partial charge in [0, 0.05) is 9.13 Å². The zero-order chi connectivity index (χ0) is 23.9. The number of carbonyl (C=O) groups excluding carboxylic acids is 1. The van der Waals surface area contributed by atoms with Gasteiger partial charge in [0.05, 0.1) is 32.0 Å². The number of hydrogen-bond acceptors (Lipinski definition) is 6. The van der Waals surface area contributed by atoms with Gasteiger partial charge in [-0.05, 0) is 89.7 Å². The van der Waals surface area contributed by atoms with Crippen molar-refractivity contribution in [3.8, 4) is 5.75 Å². The van der Waals surface area contributed by atoms with Crippen molar-refractivity contribution in [1.82, 2.24) is 4.57 Å². The van der Waals surface area contributed by atoms with Gasteiger partial charge in [0.25, 0.3) is 5.56 Å². The van der Waals surface area contributed by atoms with E-state index in [0.717, 1.165) is 14.7 Å². The fraction of sp³-hybridized carbons (Fsp3) is 0.208. The first-order valence-corrected chi connectivity index (χ1v) is 13.1. The van der Waals surface area contributed by atoms with Crippen molar-refractivity contribution < 1.29 is 14.6 Å². The van der Waals surface area contributed by atoms with Crippen LogP contribution in [-0.4, -0.2) is 22.2 Å². The van der Waals surface area contributed by atoms with E-state index in [9.17, 15) is 14.7 Å². The first-order chi connectivity index (χ1) is 15.7. The number of phenolic OH excluding ortho intramolecular Hbond substituents is 1. The largest absolute Gasteiger partial charge is 0.506 e. The summed E-state index contributed by atoms with van der Waals surface area (Å²) >= 11 is 5.48. The van der Waals surface area contributed by atoms with Gasteiger partial charge in [0.2, 0.25) is 0 Å². The molecule has 9 heteroatoms. The molecule has 1 atom stereocenters.